The minimum Gasteiger partial charge on any atom is -0.387 e. The molecule has 502 valence electrons. The second-order valence-electron chi connectivity index (χ2n) is 19.6. The number of halogens is 2. The highest BCUT2D eigenvalue weighted by molar-refractivity contribution is 6.13. The highest BCUT2D eigenvalue weighted by Gasteiger charge is 2.41. The summed E-state index contributed by atoms with van der Waals surface area (Å²) in [6, 6.07) is 12.2. The number of hydrogen-bond donors (Lipinski definition) is 4. The second kappa shape index (κ2) is 52.2. The van der Waals surface area contributed by atoms with E-state index in [4.69, 9.17) is 42.9 Å². The zero-order valence-corrected chi connectivity index (χ0v) is 55.3. The van der Waals surface area contributed by atoms with Crippen LogP contribution in [0.15, 0.2) is 66.9 Å². The van der Waals surface area contributed by atoms with Crippen LogP contribution in [0.25, 0.3) is 11.3 Å². The van der Waals surface area contributed by atoms with Crippen molar-refractivity contribution in [1.29, 1.82) is 0 Å². The molecule has 0 saturated carbocycles. The molecule has 1 aromatic heterocycles. The maximum atomic E-state index is 15.2. The molecule has 3 aromatic rings. The van der Waals surface area contributed by atoms with Gasteiger partial charge in [0.05, 0.1) is 117 Å². The van der Waals surface area contributed by atoms with E-state index < -0.39 is 47.4 Å². The lowest BCUT2D eigenvalue weighted by Gasteiger charge is -2.41. The molecule has 5 rings (SSSR count). The van der Waals surface area contributed by atoms with Crippen LogP contribution in [-0.2, 0) is 68.4 Å². The number of benzene rings is 2. The molecule has 4 N–H and O–H groups in total. The number of hydrogen-bond acceptors (Lipinski definition) is 16. The minimum absolute atomic E-state index is 0.000934. The lowest BCUT2D eigenvalue weighted by Crippen LogP contribution is -2.47. The SMILES string of the molecule is CC.CC.CC.CC.CC.CC(C)(C)C(c1nc(-c2cc(F)ccc2F)cn1Cc1ccccc1)N(CC1CNCC1CNC(=O)CCOCCOCCOCCOCCOCCOCCOCCOCCNC(=O)CCN1C(=O)C=CC1=O)C(=O)CO. The van der Waals surface area contributed by atoms with Gasteiger partial charge in [0.15, 0.2) is 0 Å². The van der Waals surface area contributed by atoms with Crippen LogP contribution in [0.3, 0.4) is 0 Å². The van der Waals surface area contributed by atoms with Crippen LogP contribution in [0.5, 0.6) is 0 Å². The molecule has 2 aliphatic heterocycles. The van der Waals surface area contributed by atoms with Gasteiger partial charge in [-0.05, 0) is 41.0 Å². The van der Waals surface area contributed by atoms with Crippen molar-refractivity contribution in [2.45, 2.75) is 115 Å². The average molecular weight is 1250 g/mol. The van der Waals surface area contributed by atoms with E-state index in [1.54, 1.807) is 11.1 Å². The molecule has 0 bridgehead atoms. The Kier molecular flexibility index (Phi) is 48.9. The molecule has 0 spiro atoms. The van der Waals surface area contributed by atoms with Crippen molar-refractivity contribution in [3.63, 3.8) is 0 Å². The van der Waals surface area contributed by atoms with Crippen molar-refractivity contribution in [3.8, 4) is 11.3 Å². The van der Waals surface area contributed by atoms with Gasteiger partial charge in [0.2, 0.25) is 17.7 Å². The quantitative estimate of drug-likeness (QED) is 0.0313. The molecule has 0 aliphatic carbocycles. The van der Waals surface area contributed by atoms with Crippen molar-refractivity contribution in [1.82, 2.24) is 35.3 Å². The fourth-order valence-electron chi connectivity index (χ4n) is 8.66. The van der Waals surface area contributed by atoms with Gasteiger partial charge >= 0.3 is 0 Å². The van der Waals surface area contributed by atoms with E-state index in [9.17, 15) is 33.5 Å². The first-order valence-corrected chi connectivity index (χ1v) is 31.6. The first-order chi connectivity index (χ1) is 42.7. The number of rotatable bonds is 40. The van der Waals surface area contributed by atoms with Gasteiger partial charge in [-0.3, -0.25) is 28.9 Å². The highest BCUT2D eigenvalue weighted by atomic mass is 19.1. The third kappa shape index (κ3) is 33.8. The summed E-state index contributed by atoms with van der Waals surface area (Å²) in [5.74, 6) is -2.64. The Morgan fingerprint density at radius 1 is 0.648 bits per heavy atom. The van der Waals surface area contributed by atoms with Gasteiger partial charge in [0.1, 0.15) is 24.1 Å². The van der Waals surface area contributed by atoms with Gasteiger partial charge in [0, 0.05) is 82.6 Å². The second-order valence-corrected chi connectivity index (χ2v) is 19.6. The first-order valence-electron chi connectivity index (χ1n) is 31.6. The Bertz CT molecular complexity index is 2310. The number of aliphatic hydroxyl groups is 1. The number of carbonyl (C=O) groups is 5. The molecule has 2 aliphatic rings. The van der Waals surface area contributed by atoms with Crippen LogP contribution < -0.4 is 16.0 Å². The first kappa shape index (κ1) is 82.4. The molecule has 3 heterocycles. The highest BCUT2D eigenvalue weighted by Crippen LogP contribution is 2.40. The van der Waals surface area contributed by atoms with Gasteiger partial charge in [0.25, 0.3) is 11.8 Å². The number of aliphatic hydroxyl groups excluding tert-OH is 1. The number of imide groups is 1. The van der Waals surface area contributed by atoms with Crippen LogP contribution in [0.2, 0.25) is 0 Å². The van der Waals surface area contributed by atoms with Crippen molar-refractivity contribution in [2.24, 2.45) is 17.3 Å². The lowest BCUT2D eigenvalue weighted by molar-refractivity contribution is -0.141. The van der Waals surface area contributed by atoms with Crippen LogP contribution in [0.4, 0.5) is 8.78 Å². The minimum atomic E-state index is -0.737. The maximum Gasteiger partial charge on any atom is 0.253 e. The predicted octanol–water partition coefficient (Wildman–Crippen LogP) is 7.82. The third-order valence-electron chi connectivity index (χ3n) is 12.6. The van der Waals surface area contributed by atoms with Crippen LogP contribution in [-0.4, -0.2) is 206 Å². The van der Waals surface area contributed by atoms with E-state index in [-0.39, 0.29) is 67.4 Å². The van der Waals surface area contributed by atoms with Gasteiger partial charge < -0.3 is 68.4 Å². The number of nitrogens with one attached hydrogen (secondary N) is 3. The summed E-state index contributed by atoms with van der Waals surface area (Å²) in [4.78, 5) is 69.1. The smallest absolute Gasteiger partial charge is 0.253 e. The molecular formula is C65H109F2N7O14. The largest absolute Gasteiger partial charge is 0.387 e. The summed E-state index contributed by atoms with van der Waals surface area (Å²) in [7, 11) is 0. The Hall–Kier alpha value is -5.60. The molecular weight excluding hydrogens is 1140 g/mol. The molecule has 21 nitrogen and oxygen atoms in total. The summed E-state index contributed by atoms with van der Waals surface area (Å²) in [5, 5.41) is 19.4. The summed E-state index contributed by atoms with van der Waals surface area (Å²) in [5.41, 5.74) is 0.541. The Morgan fingerprint density at radius 3 is 1.60 bits per heavy atom. The normalized spacial score (nSPS) is 14.4. The van der Waals surface area contributed by atoms with Crippen molar-refractivity contribution < 1.29 is 75.8 Å². The van der Waals surface area contributed by atoms with E-state index in [0.717, 1.165) is 28.7 Å². The number of carbonyl (C=O) groups excluding carboxylic acids is 5. The average Bonchev–Trinajstić information content (AvgIpc) is 1.63. The zero-order chi connectivity index (χ0) is 66.0. The van der Waals surface area contributed by atoms with E-state index in [2.05, 4.69) is 16.0 Å². The molecule has 88 heavy (non-hydrogen) atoms. The molecule has 1 fully saturated rings. The third-order valence-corrected chi connectivity index (χ3v) is 12.6. The number of amides is 5. The summed E-state index contributed by atoms with van der Waals surface area (Å²) in [6.45, 7) is 33.7. The fourth-order valence-corrected chi connectivity index (χ4v) is 8.66. The molecule has 5 amide bonds. The van der Waals surface area contributed by atoms with Crippen molar-refractivity contribution >= 4 is 29.5 Å². The molecule has 3 atom stereocenters. The van der Waals surface area contributed by atoms with Crippen molar-refractivity contribution in [2.75, 3.05) is 152 Å². The van der Waals surface area contributed by atoms with Crippen LogP contribution >= 0.6 is 0 Å². The summed E-state index contributed by atoms with van der Waals surface area (Å²) in [6.07, 6.45) is 4.24. The Balaban J connectivity index is 0.00000718. The summed E-state index contributed by atoms with van der Waals surface area (Å²) < 4.78 is 75.6. The van der Waals surface area contributed by atoms with Crippen LogP contribution in [0, 0.1) is 28.9 Å². The molecule has 1 saturated heterocycles. The standard InChI is InChI=1S/C55H79F2N7O14.5C2H6/c1-55(2,3)53(54-61-47(45-33-44(56)9-10-46(45)57)39-62(54)37-41-7-5-4-6-8-41)64(52(70)40-65)38-43-35-58-34-42(43)36-60-49(67)14-17-71-19-21-73-23-25-75-27-29-77-31-32-78-30-28-76-26-24-74-22-20-72-18-15-59-48(66)13-16-63-50(68)11-12-51(63)69;5*1-2/h4-12,33,39,42-43,53,58,65H,13-32,34-38,40H2,1-3H3,(H,59,66)(H,60,67);5*1-2H3. The molecule has 0 radical (unpaired) electrons. The number of imidazole rings is 1. The number of nitrogens with zero attached hydrogens (tertiary/aromatic N) is 4. The maximum absolute atomic E-state index is 15.2. The zero-order valence-electron chi connectivity index (χ0n) is 55.3. The van der Waals surface area contributed by atoms with E-state index in [1.807, 2.05) is 125 Å². The van der Waals surface area contributed by atoms with Crippen molar-refractivity contribution in [3.05, 3.63) is 89.9 Å². The lowest BCUT2D eigenvalue weighted by atomic mass is 9.83. The van der Waals surface area contributed by atoms with Gasteiger partial charge in [-0.2, -0.15) is 0 Å². The molecule has 2 aromatic carbocycles. The van der Waals surface area contributed by atoms with E-state index >= 15 is 4.39 Å². The molecule has 3 unspecified atom stereocenters. The number of ether oxygens (including phenoxy) is 8. The fraction of sp³-hybridized carbons (Fsp3) is 0.662. The Labute approximate surface area is 524 Å². The van der Waals surface area contributed by atoms with Gasteiger partial charge in [-0.25, -0.2) is 13.8 Å². The van der Waals surface area contributed by atoms with Gasteiger partial charge in [-0.1, -0.05) is 120 Å². The van der Waals surface area contributed by atoms with Gasteiger partial charge in [-0.15, -0.1) is 0 Å². The predicted molar refractivity (Wildman–Crippen MR) is 338 cm³/mol. The number of aromatic nitrogens is 2. The Morgan fingerprint density at radius 2 is 1.11 bits per heavy atom. The summed E-state index contributed by atoms with van der Waals surface area (Å²) >= 11 is 0. The molecule has 23 heteroatoms. The monoisotopic (exact) mass is 1250 g/mol. The topological polar surface area (TPSA) is 240 Å². The van der Waals surface area contributed by atoms with E-state index in [1.165, 1.54) is 12.2 Å². The van der Waals surface area contributed by atoms with Crippen LogP contribution in [0.1, 0.15) is 120 Å². The van der Waals surface area contributed by atoms with E-state index in [0.29, 0.717) is 138 Å².